The third-order valence-electron chi connectivity index (χ3n) is 5.03. The minimum atomic E-state index is -1.22. The minimum absolute atomic E-state index is 0.123. The van der Waals surface area contributed by atoms with E-state index >= 15 is 0 Å². The summed E-state index contributed by atoms with van der Waals surface area (Å²) >= 11 is 0. The summed E-state index contributed by atoms with van der Waals surface area (Å²) in [6.07, 6.45) is 5.74. The van der Waals surface area contributed by atoms with Crippen LogP contribution in [0.3, 0.4) is 0 Å². The van der Waals surface area contributed by atoms with Crippen LogP contribution in [0.4, 0.5) is 0 Å². The molecule has 3 rings (SSSR count). The van der Waals surface area contributed by atoms with E-state index in [9.17, 15) is 14.7 Å². The Balaban J connectivity index is 1.68. The molecule has 0 aromatic heterocycles. The largest absolute Gasteiger partial charge is 0.490 e. The number of β-amino-alcohol motifs (C(OH)–C–C–N with tert-alkyl or cyclic N) is 1. The van der Waals surface area contributed by atoms with Gasteiger partial charge in [0.2, 0.25) is 5.91 Å². The summed E-state index contributed by atoms with van der Waals surface area (Å²) in [6, 6.07) is 7.21. The van der Waals surface area contributed by atoms with Crippen LogP contribution in [0.1, 0.15) is 55.3 Å². The molecule has 1 saturated carbocycles. The molecule has 2 aliphatic rings. The van der Waals surface area contributed by atoms with Gasteiger partial charge in [-0.05, 0) is 56.7 Å². The van der Waals surface area contributed by atoms with E-state index in [1.54, 1.807) is 17.0 Å². The first-order valence-electron chi connectivity index (χ1n) is 9.02. The highest BCUT2D eigenvalue weighted by molar-refractivity contribution is 5.94. The number of aliphatic hydroxyl groups is 1. The first-order valence-corrected chi connectivity index (χ1v) is 9.02. The Bertz CT molecular complexity index is 642. The number of rotatable bonds is 5. The number of piperidine rings is 1. The molecule has 25 heavy (non-hydrogen) atoms. The van der Waals surface area contributed by atoms with Crippen molar-refractivity contribution in [2.24, 2.45) is 5.73 Å². The Morgan fingerprint density at radius 2 is 2.04 bits per heavy atom. The van der Waals surface area contributed by atoms with E-state index < -0.39 is 11.5 Å². The highest BCUT2D eigenvalue weighted by Gasteiger charge is 2.36. The van der Waals surface area contributed by atoms with Crippen molar-refractivity contribution in [2.45, 2.75) is 56.7 Å². The zero-order valence-electron chi connectivity index (χ0n) is 14.4. The molecular formula is C19H26N2O4. The number of primary amides is 1. The van der Waals surface area contributed by atoms with Gasteiger partial charge in [-0.25, -0.2) is 0 Å². The van der Waals surface area contributed by atoms with Crippen molar-refractivity contribution in [3.05, 3.63) is 29.8 Å². The summed E-state index contributed by atoms with van der Waals surface area (Å²) in [5, 5.41) is 10.5. The zero-order chi connectivity index (χ0) is 17.9. The van der Waals surface area contributed by atoms with Crippen LogP contribution in [-0.4, -0.2) is 46.6 Å². The fourth-order valence-electron chi connectivity index (χ4n) is 3.84. The molecule has 1 aromatic rings. The van der Waals surface area contributed by atoms with Crippen molar-refractivity contribution in [3.63, 3.8) is 0 Å². The van der Waals surface area contributed by atoms with Crippen molar-refractivity contribution in [3.8, 4) is 5.75 Å². The molecule has 1 aliphatic heterocycles. The van der Waals surface area contributed by atoms with Crippen LogP contribution in [-0.2, 0) is 4.79 Å². The predicted molar refractivity (Wildman–Crippen MR) is 93.2 cm³/mol. The maximum Gasteiger partial charge on any atom is 0.254 e. The van der Waals surface area contributed by atoms with Gasteiger partial charge in [0.1, 0.15) is 5.75 Å². The monoisotopic (exact) mass is 346 g/mol. The number of ether oxygens (including phenoxy) is 1. The quantitative estimate of drug-likeness (QED) is 0.851. The second-order valence-electron chi connectivity index (χ2n) is 7.25. The first kappa shape index (κ1) is 17.7. The number of hydrogen-bond acceptors (Lipinski definition) is 4. The molecule has 1 aromatic carbocycles. The number of nitrogens with zero attached hydrogens (tertiary/aromatic N) is 1. The molecule has 136 valence electrons. The van der Waals surface area contributed by atoms with Crippen molar-refractivity contribution >= 4 is 11.8 Å². The van der Waals surface area contributed by atoms with Crippen LogP contribution in [0, 0.1) is 0 Å². The fraction of sp³-hybridized carbons (Fsp3) is 0.579. The van der Waals surface area contributed by atoms with E-state index in [1.807, 2.05) is 12.1 Å². The van der Waals surface area contributed by atoms with Crippen molar-refractivity contribution in [2.75, 3.05) is 13.1 Å². The lowest BCUT2D eigenvalue weighted by Crippen LogP contribution is -2.51. The molecule has 6 heteroatoms. The predicted octanol–water partition coefficient (Wildman–Crippen LogP) is 1.85. The first-order chi connectivity index (χ1) is 12.0. The van der Waals surface area contributed by atoms with Gasteiger partial charge in [0.15, 0.2) is 0 Å². The molecule has 0 bridgehead atoms. The summed E-state index contributed by atoms with van der Waals surface area (Å²) in [5.74, 6) is 0.00499. The number of carbonyl (C=O) groups excluding carboxylic acids is 2. The van der Waals surface area contributed by atoms with Gasteiger partial charge in [-0.2, -0.15) is 0 Å². The Morgan fingerprint density at radius 3 is 2.76 bits per heavy atom. The molecule has 1 saturated heterocycles. The van der Waals surface area contributed by atoms with Crippen LogP contribution in [0.15, 0.2) is 24.3 Å². The second-order valence-corrected chi connectivity index (χ2v) is 7.25. The van der Waals surface area contributed by atoms with Crippen molar-refractivity contribution < 1.29 is 19.4 Å². The number of hydrogen-bond donors (Lipinski definition) is 2. The molecule has 0 spiro atoms. The van der Waals surface area contributed by atoms with E-state index in [0.717, 1.165) is 12.8 Å². The second kappa shape index (κ2) is 7.44. The topological polar surface area (TPSA) is 92.9 Å². The van der Waals surface area contributed by atoms with E-state index in [-0.39, 0.29) is 25.0 Å². The van der Waals surface area contributed by atoms with Gasteiger partial charge in [-0.1, -0.05) is 6.07 Å². The lowest BCUT2D eigenvalue weighted by Gasteiger charge is -2.38. The van der Waals surface area contributed by atoms with Crippen molar-refractivity contribution in [1.82, 2.24) is 4.90 Å². The normalized spacial score (nSPS) is 24.3. The Hall–Kier alpha value is -2.08. The molecule has 1 atom stereocenters. The fourth-order valence-corrected chi connectivity index (χ4v) is 3.84. The highest BCUT2D eigenvalue weighted by atomic mass is 16.5. The molecule has 3 N–H and O–H groups in total. The van der Waals surface area contributed by atoms with Crippen molar-refractivity contribution in [1.29, 1.82) is 0 Å². The standard InChI is InChI=1S/C19H26N2O4/c20-17(22)12-19(24)9-4-10-21(13-19)18(23)14-5-3-8-16(11-14)25-15-6-1-2-7-15/h3,5,8,11,15,24H,1-2,4,6-7,9-10,12-13H2,(H2,20,22). The van der Waals surface area contributed by atoms with Gasteiger partial charge in [-0.15, -0.1) is 0 Å². The third-order valence-corrected chi connectivity index (χ3v) is 5.03. The van der Waals surface area contributed by atoms with Crippen LogP contribution < -0.4 is 10.5 Å². The Morgan fingerprint density at radius 1 is 1.28 bits per heavy atom. The van der Waals surface area contributed by atoms with E-state index in [1.165, 1.54) is 12.8 Å². The molecule has 6 nitrogen and oxygen atoms in total. The summed E-state index contributed by atoms with van der Waals surface area (Å²) in [4.78, 5) is 25.6. The molecule has 2 amide bonds. The van der Waals surface area contributed by atoms with Crippen LogP contribution >= 0.6 is 0 Å². The Kier molecular flexibility index (Phi) is 5.27. The highest BCUT2D eigenvalue weighted by Crippen LogP contribution is 2.27. The Labute approximate surface area is 147 Å². The van der Waals surface area contributed by atoms with Crippen LogP contribution in [0.5, 0.6) is 5.75 Å². The number of amides is 2. The zero-order valence-corrected chi connectivity index (χ0v) is 14.4. The minimum Gasteiger partial charge on any atom is -0.490 e. The van der Waals surface area contributed by atoms with Gasteiger partial charge < -0.3 is 20.5 Å². The van der Waals surface area contributed by atoms with E-state index in [2.05, 4.69) is 0 Å². The SMILES string of the molecule is NC(=O)CC1(O)CCCN(C(=O)c2cccc(OC3CCCC3)c2)C1. The molecule has 2 fully saturated rings. The number of nitrogens with two attached hydrogens (primary N) is 1. The number of carbonyl (C=O) groups is 2. The maximum absolute atomic E-state index is 12.8. The van der Waals surface area contributed by atoms with Gasteiger partial charge in [0, 0.05) is 12.1 Å². The molecule has 1 heterocycles. The van der Waals surface area contributed by atoms with Gasteiger partial charge in [-0.3, -0.25) is 9.59 Å². The van der Waals surface area contributed by atoms with Gasteiger partial charge >= 0.3 is 0 Å². The lowest BCUT2D eigenvalue weighted by atomic mass is 9.89. The molecule has 0 radical (unpaired) electrons. The maximum atomic E-state index is 12.8. The lowest BCUT2D eigenvalue weighted by molar-refractivity contribution is -0.125. The number of benzene rings is 1. The molecular weight excluding hydrogens is 320 g/mol. The molecule has 1 unspecified atom stereocenters. The summed E-state index contributed by atoms with van der Waals surface area (Å²) in [6.45, 7) is 0.691. The summed E-state index contributed by atoms with van der Waals surface area (Å²) in [7, 11) is 0. The molecule has 1 aliphatic carbocycles. The van der Waals surface area contributed by atoms with Gasteiger partial charge in [0.25, 0.3) is 5.91 Å². The van der Waals surface area contributed by atoms with Crippen LogP contribution in [0.2, 0.25) is 0 Å². The third kappa shape index (κ3) is 4.51. The van der Waals surface area contributed by atoms with Gasteiger partial charge in [0.05, 0.1) is 24.7 Å². The summed E-state index contributed by atoms with van der Waals surface area (Å²) < 4.78 is 5.97. The van der Waals surface area contributed by atoms with E-state index in [4.69, 9.17) is 10.5 Å². The average Bonchev–Trinajstić information content (AvgIpc) is 3.06. The van der Waals surface area contributed by atoms with E-state index in [0.29, 0.717) is 30.7 Å². The van der Waals surface area contributed by atoms with Crippen LogP contribution in [0.25, 0.3) is 0 Å². The summed E-state index contributed by atoms with van der Waals surface area (Å²) in [5.41, 5.74) is 4.54. The average molecular weight is 346 g/mol. The number of likely N-dealkylation sites (tertiary alicyclic amines) is 1. The smallest absolute Gasteiger partial charge is 0.254 e.